The van der Waals surface area contributed by atoms with E-state index in [9.17, 15) is 13.2 Å². The van der Waals surface area contributed by atoms with Gasteiger partial charge in [-0.15, -0.1) is 0 Å². The molecule has 2 heterocycles. The van der Waals surface area contributed by atoms with E-state index in [4.69, 9.17) is 4.74 Å². The van der Waals surface area contributed by atoms with Crippen LogP contribution >= 0.6 is 0 Å². The van der Waals surface area contributed by atoms with E-state index in [1.54, 1.807) is 11.6 Å². The van der Waals surface area contributed by atoms with Crippen molar-refractivity contribution in [3.05, 3.63) is 17.5 Å². The molecular formula is C12H18N2O4S. The van der Waals surface area contributed by atoms with Crippen LogP contribution in [0.4, 0.5) is 0 Å². The Kier molecular flexibility index (Phi) is 3.93. The molecule has 19 heavy (non-hydrogen) atoms. The van der Waals surface area contributed by atoms with Crippen LogP contribution in [-0.2, 0) is 21.0 Å². The monoisotopic (exact) mass is 286 g/mol. The average Bonchev–Trinajstić information content (AvgIpc) is 2.91. The maximum Gasteiger partial charge on any atom is 0.341 e. The zero-order valence-electron chi connectivity index (χ0n) is 11.1. The van der Waals surface area contributed by atoms with Crippen LogP contribution in [0.2, 0.25) is 0 Å². The van der Waals surface area contributed by atoms with Crippen LogP contribution in [0.5, 0.6) is 0 Å². The first-order chi connectivity index (χ1) is 8.98. The van der Waals surface area contributed by atoms with Gasteiger partial charge in [-0.3, -0.25) is 4.68 Å². The van der Waals surface area contributed by atoms with Crippen molar-refractivity contribution in [3.63, 3.8) is 0 Å². The van der Waals surface area contributed by atoms with Gasteiger partial charge in [0.15, 0.2) is 9.84 Å². The molecule has 0 amide bonds. The van der Waals surface area contributed by atoms with Crippen LogP contribution in [-0.4, -0.2) is 42.3 Å². The Morgan fingerprint density at radius 3 is 2.79 bits per heavy atom. The molecule has 1 aliphatic rings. The second kappa shape index (κ2) is 5.32. The predicted molar refractivity (Wildman–Crippen MR) is 69.9 cm³/mol. The third-order valence-electron chi connectivity index (χ3n) is 3.28. The standard InChI is InChI=1S/C12H18N2O4S/c1-3-11-10(12(15)18-4-2)7-13-14(11)9-5-6-19(16,17)8-9/h7,9H,3-6,8H2,1-2H3. The van der Waals surface area contributed by atoms with Crippen molar-refractivity contribution in [1.82, 2.24) is 9.78 Å². The van der Waals surface area contributed by atoms with Gasteiger partial charge in [-0.05, 0) is 19.8 Å². The maximum atomic E-state index is 11.8. The Morgan fingerprint density at radius 1 is 1.53 bits per heavy atom. The number of hydrogen-bond donors (Lipinski definition) is 0. The molecule has 0 N–H and O–H groups in total. The first-order valence-electron chi connectivity index (χ1n) is 6.42. The number of nitrogens with zero attached hydrogens (tertiary/aromatic N) is 2. The summed E-state index contributed by atoms with van der Waals surface area (Å²) >= 11 is 0. The average molecular weight is 286 g/mol. The summed E-state index contributed by atoms with van der Waals surface area (Å²) in [4.78, 5) is 11.8. The van der Waals surface area contributed by atoms with Crippen molar-refractivity contribution in [1.29, 1.82) is 0 Å². The highest BCUT2D eigenvalue weighted by Crippen LogP contribution is 2.26. The largest absolute Gasteiger partial charge is 0.462 e. The van der Waals surface area contributed by atoms with Gasteiger partial charge in [-0.1, -0.05) is 6.92 Å². The van der Waals surface area contributed by atoms with Crippen molar-refractivity contribution in [2.75, 3.05) is 18.1 Å². The molecular weight excluding hydrogens is 268 g/mol. The summed E-state index contributed by atoms with van der Waals surface area (Å²) < 4.78 is 29.7. The SMILES string of the molecule is CCOC(=O)c1cnn(C2CCS(=O)(=O)C2)c1CC. The maximum absolute atomic E-state index is 11.8. The lowest BCUT2D eigenvalue weighted by atomic mass is 10.2. The number of carbonyl (C=O) groups excluding carboxylic acids is 1. The summed E-state index contributed by atoms with van der Waals surface area (Å²) in [5.74, 6) is -0.106. The molecule has 106 valence electrons. The quantitative estimate of drug-likeness (QED) is 0.771. The van der Waals surface area contributed by atoms with Gasteiger partial charge in [0.1, 0.15) is 5.56 Å². The normalized spacial score (nSPS) is 21.5. The van der Waals surface area contributed by atoms with E-state index in [-0.39, 0.29) is 17.5 Å². The first kappa shape index (κ1) is 14.0. The molecule has 7 heteroatoms. The predicted octanol–water partition coefficient (Wildman–Crippen LogP) is 0.982. The summed E-state index contributed by atoms with van der Waals surface area (Å²) in [6.07, 6.45) is 2.64. The minimum Gasteiger partial charge on any atom is -0.462 e. The van der Waals surface area contributed by atoms with Gasteiger partial charge in [-0.25, -0.2) is 13.2 Å². The number of rotatable bonds is 4. The van der Waals surface area contributed by atoms with Crippen LogP contribution in [0.3, 0.4) is 0 Å². The van der Waals surface area contributed by atoms with E-state index in [2.05, 4.69) is 5.10 Å². The molecule has 1 fully saturated rings. The number of hydrogen-bond acceptors (Lipinski definition) is 5. The fraction of sp³-hybridized carbons (Fsp3) is 0.667. The van der Waals surface area contributed by atoms with Crippen LogP contribution in [0.1, 0.15) is 42.4 Å². The minimum atomic E-state index is -2.97. The summed E-state index contributed by atoms with van der Waals surface area (Å²) in [7, 11) is -2.97. The number of esters is 1. The molecule has 0 radical (unpaired) electrons. The molecule has 1 aromatic rings. The molecule has 6 nitrogen and oxygen atoms in total. The van der Waals surface area contributed by atoms with Crippen molar-refractivity contribution in [2.45, 2.75) is 32.7 Å². The van der Waals surface area contributed by atoms with Gasteiger partial charge in [0.25, 0.3) is 0 Å². The zero-order chi connectivity index (χ0) is 14.0. The second-order valence-corrected chi connectivity index (χ2v) is 6.81. The third kappa shape index (κ3) is 2.80. The van der Waals surface area contributed by atoms with Gasteiger partial charge >= 0.3 is 5.97 Å². The van der Waals surface area contributed by atoms with Gasteiger partial charge in [-0.2, -0.15) is 5.10 Å². The molecule has 0 aromatic carbocycles. The van der Waals surface area contributed by atoms with Gasteiger partial charge in [0.05, 0.1) is 36.0 Å². The molecule has 0 bridgehead atoms. The van der Waals surface area contributed by atoms with E-state index in [1.807, 2.05) is 6.92 Å². The Bertz CT molecular complexity index is 577. The number of sulfone groups is 1. The van der Waals surface area contributed by atoms with E-state index < -0.39 is 15.8 Å². The molecule has 1 aliphatic heterocycles. The Morgan fingerprint density at radius 2 is 2.26 bits per heavy atom. The lowest BCUT2D eigenvalue weighted by molar-refractivity contribution is 0.0525. The van der Waals surface area contributed by atoms with Crippen LogP contribution < -0.4 is 0 Å². The van der Waals surface area contributed by atoms with Crippen molar-refractivity contribution < 1.29 is 17.9 Å². The number of aromatic nitrogens is 2. The van der Waals surface area contributed by atoms with Crippen molar-refractivity contribution >= 4 is 15.8 Å². The van der Waals surface area contributed by atoms with Gasteiger partial charge < -0.3 is 4.74 Å². The lowest BCUT2D eigenvalue weighted by Gasteiger charge is -2.13. The first-order valence-corrected chi connectivity index (χ1v) is 8.24. The lowest BCUT2D eigenvalue weighted by Crippen LogP contribution is -2.16. The summed E-state index contributed by atoms with van der Waals surface area (Å²) in [6, 6.07) is -0.164. The topological polar surface area (TPSA) is 78.3 Å². The molecule has 0 spiro atoms. The molecule has 1 unspecified atom stereocenters. The fourth-order valence-electron chi connectivity index (χ4n) is 2.40. The van der Waals surface area contributed by atoms with Crippen molar-refractivity contribution in [2.24, 2.45) is 0 Å². The smallest absolute Gasteiger partial charge is 0.341 e. The van der Waals surface area contributed by atoms with Gasteiger partial charge in [0.2, 0.25) is 0 Å². The van der Waals surface area contributed by atoms with E-state index in [1.165, 1.54) is 6.20 Å². The summed E-state index contributed by atoms with van der Waals surface area (Å²) in [6.45, 7) is 3.97. The second-order valence-electron chi connectivity index (χ2n) is 4.58. The molecule has 1 aromatic heterocycles. The number of ether oxygens (including phenoxy) is 1. The highest BCUT2D eigenvalue weighted by Gasteiger charge is 2.32. The van der Waals surface area contributed by atoms with E-state index >= 15 is 0 Å². The Hall–Kier alpha value is -1.37. The zero-order valence-corrected chi connectivity index (χ0v) is 11.9. The highest BCUT2D eigenvalue weighted by atomic mass is 32.2. The number of carbonyl (C=O) groups is 1. The van der Waals surface area contributed by atoms with Crippen molar-refractivity contribution in [3.8, 4) is 0 Å². The minimum absolute atomic E-state index is 0.101. The molecule has 0 saturated carbocycles. The molecule has 1 atom stereocenters. The van der Waals surface area contributed by atoms with Crippen LogP contribution in [0.15, 0.2) is 6.20 Å². The molecule has 0 aliphatic carbocycles. The molecule has 2 rings (SSSR count). The Labute approximate surface area is 112 Å². The van der Waals surface area contributed by atoms with Crippen LogP contribution in [0.25, 0.3) is 0 Å². The molecule has 1 saturated heterocycles. The van der Waals surface area contributed by atoms with E-state index in [0.717, 1.165) is 5.69 Å². The highest BCUT2D eigenvalue weighted by molar-refractivity contribution is 7.91. The third-order valence-corrected chi connectivity index (χ3v) is 5.03. The fourth-order valence-corrected chi connectivity index (χ4v) is 4.09. The van der Waals surface area contributed by atoms with Gasteiger partial charge in [0, 0.05) is 0 Å². The van der Waals surface area contributed by atoms with E-state index in [0.29, 0.717) is 25.0 Å². The van der Waals surface area contributed by atoms with Crippen LogP contribution in [0, 0.1) is 0 Å². The summed E-state index contributed by atoms with van der Waals surface area (Å²) in [5.41, 5.74) is 1.19. The summed E-state index contributed by atoms with van der Waals surface area (Å²) in [5, 5.41) is 4.19. The Balaban J connectivity index is 2.30.